The van der Waals surface area contributed by atoms with Crippen LogP contribution >= 0.6 is 0 Å². The second kappa shape index (κ2) is 8.44. The molecule has 2 amide bonds. The highest BCUT2D eigenvalue weighted by molar-refractivity contribution is 5.85. The van der Waals surface area contributed by atoms with Crippen molar-refractivity contribution in [3.8, 4) is 0 Å². The predicted octanol–water partition coefficient (Wildman–Crippen LogP) is -0.941. The van der Waals surface area contributed by atoms with Gasteiger partial charge in [0.1, 0.15) is 12.4 Å². The fraction of sp³-hybridized carbons (Fsp3) is 0.222. The summed E-state index contributed by atoms with van der Waals surface area (Å²) in [4.78, 5) is 37.8. The number of primary amides is 1. The van der Waals surface area contributed by atoms with Crippen LogP contribution in [0.3, 0.4) is 0 Å². The van der Waals surface area contributed by atoms with Gasteiger partial charge in [0.25, 0.3) is 0 Å². The van der Waals surface area contributed by atoms with Crippen LogP contribution in [0.5, 0.6) is 0 Å². The Morgan fingerprint density at radius 3 is 2.00 bits per heavy atom. The lowest BCUT2D eigenvalue weighted by atomic mass is 10.2. The van der Waals surface area contributed by atoms with Gasteiger partial charge >= 0.3 is 18.0 Å². The summed E-state index contributed by atoms with van der Waals surface area (Å²) in [7, 11) is 0. The van der Waals surface area contributed by atoms with Gasteiger partial charge in [0, 0.05) is 12.4 Å². The standard InChI is InChI=1S/C5H8N2O5.C4H4N2/c6-5(12)7-2(4(10)11)1-3(8)9;1-2-5-4-6-3-1/h2H,1H2,(H,8,9)(H,10,11)(H3,6,7,12);1-4H. The molecule has 0 aliphatic carbocycles. The maximum Gasteiger partial charge on any atom is 0.326 e. The van der Waals surface area contributed by atoms with E-state index in [0.29, 0.717) is 0 Å². The van der Waals surface area contributed by atoms with Crippen LogP contribution < -0.4 is 11.1 Å². The van der Waals surface area contributed by atoms with E-state index in [0.717, 1.165) is 0 Å². The van der Waals surface area contributed by atoms with E-state index in [9.17, 15) is 14.4 Å². The average Bonchev–Trinajstić information content (AvgIpc) is 2.30. The summed E-state index contributed by atoms with van der Waals surface area (Å²) in [5, 5.41) is 18.3. The minimum atomic E-state index is -1.47. The molecule has 98 valence electrons. The monoisotopic (exact) mass is 256 g/mol. The first-order valence-electron chi connectivity index (χ1n) is 4.64. The zero-order chi connectivity index (χ0) is 14.0. The molecule has 1 rings (SSSR count). The molecule has 1 unspecified atom stereocenters. The lowest BCUT2D eigenvalue weighted by Gasteiger charge is -2.08. The Labute approximate surface area is 102 Å². The highest BCUT2D eigenvalue weighted by Gasteiger charge is 2.21. The number of nitrogens with two attached hydrogens (primary N) is 1. The number of amides is 2. The Morgan fingerprint density at radius 1 is 1.22 bits per heavy atom. The van der Waals surface area contributed by atoms with Crippen LogP contribution in [0.4, 0.5) is 4.79 Å². The molecule has 0 aromatic carbocycles. The Balaban J connectivity index is 0.000000397. The molecular weight excluding hydrogens is 244 g/mol. The molecule has 0 bridgehead atoms. The third kappa shape index (κ3) is 8.59. The number of nitrogens with one attached hydrogen (secondary N) is 1. The molecule has 0 aliphatic rings. The van der Waals surface area contributed by atoms with Gasteiger partial charge in [0.15, 0.2) is 0 Å². The van der Waals surface area contributed by atoms with Gasteiger partial charge in [-0.25, -0.2) is 19.6 Å². The van der Waals surface area contributed by atoms with Crippen molar-refractivity contribution in [1.29, 1.82) is 0 Å². The zero-order valence-corrected chi connectivity index (χ0v) is 9.18. The number of carboxylic acid groups (broad SMARTS) is 2. The highest BCUT2D eigenvalue weighted by Crippen LogP contribution is 1.91. The van der Waals surface area contributed by atoms with Crippen LogP contribution in [0.25, 0.3) is 0 Å². The van der Waals surface area contributed by atoms with Gasteiger partial charge in [-0.2, -0.15) is 0 Å². The van der Waals surface area contributed by atoms with Crippen molar-refractivity contribution in [3.63, 3.8) is 0 Å². The fourth-order valence-electron chi connectivity index (χ4n) is 0.800. The largest absolute Gasteiger partial charge is 0.481 e. The van der Waals surface area contributed by atoms with Crippen LogP contribution in [0, 0.1) is 0 Å². The maximum absolute atomic E-state index is 10.2. The molecule has 0 radical (unpaired) electrons. The van der Waals surface area contributed by atoms with Gasteiger partial charge in [-0.1, -0.05) is 0 Å². The third-order valence-corrected chi connectivity index (χ3v) is 1.47. The Kier molecular flexibility index (Phi) is 7.17. The normalized spacial score (nSPS) is 10.4. The number of hydrogen-bond acceptors (Lipinski definition) is 5. The zero-order valence-electron chi connectivity index (χ0n) is 9.18. The lowest BCUT2D eigenvalue weighted by molar-refractivity contribution is -0.145. The lowest BCUT2D eigenvalue weighted by Crippen LogP contribution is -2.44. The van der Waals surface area contributed by atoms with E-state index in [-0.39, 0.29) is 0 Å². The number of aliphatic carboxylic acids is 2. The molecule has 9 nitrogen and oxygen atoms in total. The molecule has 1 atom stereocenters. The summed E-state index contributed by atoms with van der Waals surface area (Å²) >= 11 is 0. The Hall–Kier alpha value is -2.71. The molecule has 9 heteroatoms. The number of nitrogens with zero attached hydrogens (tertiary/aromatic N) is 2. The van der Waals surface area contributed by atoms with Crippen molar-refractivity contribution >= 4 is 18.0 Å². The molecule has 0 spiro atoms. The van der Waals surface area contributed by atoms with Gasteiger partial charge in [-0.15, -0.1) is 0 Å². The van der Waals surface area contributed by atoms with Crippen LogP contribution in [0.2, 0.25) is 0 Å². The number of rotatable bonds is 4. The minimum Gasteiger partial charge on any atom is -0.481 e. The third-order valence-electron chi connectivity index (χ3n) is 1.47. The summed E-state index contributed by atoms with van der Waals surface area (Å²) < 4.78 is 0. The van der Waals surface area contributed by atoms with Gasteiger partial charge in [0.05, 0.1) is 6.42 Å². The fourth-order valence-corrected chi connectivity index (χ4v) is 0.800. The van der Waals surface area contributed by atoms with Gasteiger partial charge < -0.3 is 21.3 Å². The van der Waals surface area contributed by atoms with Crippen LogP contribution in [-0.4, -0.2) is 44.2 Å². The van der Waals surface area contributed by atoms with E-state index < -0.39 is 30.4 Å². The van der Waals surface area contributed by atoms with E-state index in [1.165, 1.54) is 6.33 Å². The van der Waals surface area contributed by atoms with Crippen LogP contribution in [0.1, 0.15) is 6.42 Å². The summed E-state index contributed by atoms with van der Waals surface area (Å²) in [5.74, 6) is -2.76. The second-order valence-corrected chi connectivity index (χ2v) is 2.90. The Bertz CT molecular complexity index is 354. The molecule has 0 fully saturated rings. The highest BCUT2D eigenvalue weighted by atomic mass is 16.4. The molecule has 1 aromatic heterocycles. The molecule has 0 aliphatic heterocycles. The topological polar surface area (TPSA) is 156 Å². The van der Waals surface area contributed by atoms with Gasteiger partial charge in [-0.05, 0) is 6.07 Å². The van der Waals surface area contributed by atoms with Crippen molar-refractivity contribution in [1.82, 2.24) is 15.3 Å². The molecule has 1 heterocycles. The van der Waals surface area contributed by atoms with E-state index in [2.05, 4.69) is 15.7 Å². The Morgan fingerprint density at radius 2 is 1.78 bits per heavy atom. The number of carbonyl (C=O) groups is 3. The van der Waals surface area contributed by atoms with Crippen LogP contribution in [0.15, 0.2) is 24.8 Å². The predicted molar refractivity (Wildman–Crippen MR) is 58.4 cm³/mol. The van der Waals surface area contributed by atoms with E-state index in [1.807, 2.05) is 0 Å². The van der Waals surface area contributed by atoms with E-state index in [1.54, 1.807) is 23.8 Å². The van der Waals surface area contributed by atoms with Crippen molar-refractivity contribution in [2.75, 3.05) is 0 Å². The molecule has 0 saturated heterocycles. The molecular formula is C9H12N4O5. The van der Waals surface area contributed by atoms with E-state index >= 15 is 0 Å². The molecule has 5 N–H and O–H groups in total. The van der Waals surface area contributed by atoms with Gasteiger partial charge in [-0.3, -0.25) is 4.79 Å². The van der Waals surface area contributed by atoms with Crippen molar-refractivity contribution in [2.24, 2.45) is 5.73 Å². The van der Waals surface area contributed by atoms with Gasteiger partial charge in [0.2, 0.25) is 0 Å². The first kappa shape index (κ1) is 15.3. The van der Waals surface area contributed by atoms with Crippen molar-refractivity contribution in [3.05, 3.63) is 24.8 Å². The molecule has 18 heavy (non-hydrogen) atoms. The number of hydrogen-bond donors (Lipinski definition) is 4. The van der Waals surface area contributed by atoms with Crippen LogP contribution in [-0.2, 0) is 9.59 Å². The summed E-state index contributed by atoms with van der Waals surface area (Å²) in [6.07, 6.45) is 4.18. The summed E-state index contributed by atoms with van der Waals surface area (Å²) in [5.41, 5.74) is 4.60. The number of carboxylic acids is 2. The molecule has 1 aromatic rings. The van der Waals surface area contributed by atoms with Crippen molar-refractivity contribution < 1.29 is 24.6 Å². The SMILES string of the molecule is NC(=O)NC(CC(=O)O)C(=O)O.c1cncnc1. The smallest absolute Gasteiger partial charge is 0.326 e. The average molecular weight is 256 g/mol. The second-order valence-electron chi connectivity index (χ2n) is 2.90. The number of carbonyl (C=O) groups excluding carboxylic acids is 1. The first-order valence-corrected chi connectivity index (χ1v) is 4.64. The summed E-state index contributed by atoms with van der Waals surface area (Å²) in [6.45, 7) is 0. The minimum absolute atomic E-state index is 0.696. The molecule has 0 saturated carbocycles. The quantitative estimate of drug-likeness (QED) is 0.541. The first-order chi connectivity index (χ1) is 8.43. The summed E-state index contributed by atoms with van der Waals surface area (Å²) in [6, 6.07) is -0.761. The number of aromatic nitrogens is 2. The number of urea groups is 1. The van der Waals surface area contributed by atoms with Crippen molar-refractivity contribution in [2.45, 2.75) is 12.5 Å². The maximum atomic E-state index is 10.2. The van der Waals surface area contributed by atoms with E-state index in [4.69, 9.17) is 10.2 Å².